The van der Waals surface area contributed by atoms with Gasteiger partial charge in [0.1, 0.15) is 12.4 Å². The van der Waals surface area contributed by atoms with Crippen molar-refractivity contribution >= 4 is 17.3 Å². The number of hydrogen-bond donors (Lipinski definition) is 1. The van der Waals surface area contributed by atoms with E-state index in [1.807, 2.05) is 55.5 Å². The summed E-state index contributed by atoms with van der Waals surface area (Å²) in [5.41, 5.74) is 4.45. The zero-order chi connectivity index (χ0) is 16.8. The second-order valence-electron chi connectivity index (χ2n) is 5.69. The van der Waals surface area contributed by atoms with E-state index >= 15 is 0 Å². The largest absolute Gasteiger partial charge is 0.489 e. The SMILES string of the molecule is Cc1c(Cl)cccc1NCc1cccc(OCc2ccccc2)c1. The van der Waals surface area contributed by atoms with Gasteiger partial charge in [0.15, 0.2) is 0 Å². The molecule has 0 radical (unpaired) electrons. The van der Waals surface area contributed by atoms with E-state index < -0.39 is 0 Å². The molecule has 0 aliphatic heterocycles. The molecule has 1 N–H and O–H groups in total. The van der Waals surface area contributed by atoms with E-state index in [9.17, 15) is 0 Å². The van der Waals surface area contributed by atoms with Crippen LogP contribution in [0.4, 0.5) is 5.69 Å². The van der Waals surface area contributed by atoms with Crippen molar-refractivity contribution in [3.05, 3.63) is 94.5 Å². The fraction of sp³-hybridized carbons (Fsp3) is 0.143. The van der Waals surface area contributed by atoms with Gasteiger partial charge in [0.25, 0.3) is 0 Å². The summed E-state index contributed by atoms with van der Waals surface area (Å²) in [4.78, 5) is 0. The van der Waals surface area contributed by atoms with Crippen LogP contribution in [0.5, 0.6) is 5.75 Å². The number of halogens is 1. The summed E-state index contributed by atoms with van der Waals surface area (Å²) in [6, 6.07) is 24.2. The summed E-state index contributed by atoms with van der Waals surface area (Å²) in [7, 11) is 0. The smallest absolute Gasteiger partial charge is 0.120 e. The molecular formula is C21H20ClNO. The third-order valence-corrected chi connectivity index (χ3v) is 4.31. The lowest BCUT2D eigenvalue weighted by Gasteiger charge is -2.12. The third kappa shape index (κ3) is 4.30. The van der Waals surface area contributed by atoms with Crippen molar-refractivity contribution in [2.24, 2.45) is 0 Å². The predicted octanol–water partition coefficient (Wildman–Crippen LogP) is 5.84. The topological polar surface area (TPSA) is 21.3 Å². The summed E-state index contributed by atoms with van der Waals surface area (Å²) in [6.07, 6.45) is 0. The summed E-state index contributed by atoms with van der Waals surface area (Å²) in [5, 5.41) is 4.21. The van der Waals surface area contributed by atoms with E-state index in [0.29, 0.717) is 6.61 Å². The van der Waals surface area contributed by atoms with E-state index in [1.54, 1.807) is 0 Å². The maximum atomic E-state index is 6.16. The van der Waals surface area contributed by atoms with Crippen LogP contribution in [0.25, 0.3) is 0 Å². The van der Waals surface area contributed by atoms with Gasteiger partial charge in [0, 0.05) is 17.3 Å². The Balaban J connectivity index is 1.62. The van der Waals surface area contributed by atoms with Crippen molar-refractivity contribution in [3.8, 4) is 5.75 Å². The van der Waals surface area contributed by atoms with Gasteiger partial charge in [0.2, 0.25) is 0 Å². The van der Waals surface area contributed by atoms with E-state index in [0.717, 1.165) is 34.1 Å². The molecule has 3 heteroatoms. The highest BCUT2D eigenvalue weighted by atomic mass is 35.5. The maximum Gasteiger partial charge on any atom is 0.120 e. The number of benzene rings is 3. The number of hydrogen-bond acceptors (Lipinski definition) is 2. The highest BCUT2D eigenvalue weighted by molar-refractivity contribution is 6.31. The molecule has 0 spiro atoms. The minimum atomic E-state index is 0.575. The zero-order valence-electron chi connectivity index (χ0n) is 13.6. The molecule has 0 aliphatic rings. The van der Waals surface area contributed by atoms with Gasteiger partial charge in [0.05, 0.1) is 0 Å². The molecule has 0 fully saturated rings. The van der Waals surface area contributed by atoms with Crippen LogP contribution in [-0.2, 0) is 13.2 Å². The number of rotatable bonds is 6. The van der Waals surface area contributed by atoms with Crippen LogP contribution in [0, 0.1) is 6.92 Å². The lowest BCUT2D eigenvalue weighted by molar-refractivity contribution is 0.306. The van der Waals surface area contributed by atoms with Gasteiger partial charge in [-0.2, -0.15) is 0 Å². The van der Waals surface area contributed by atoms with Gasteiger partial charge in [-0.3, -0.25) is 0 Å². The molecule has 0 amide bonds. The Morgan fingerprint density at radius 3 is 2.46 bits per heavy atom. The van der Waals surface area contributed by atoms with Crippen LogP contribution in [0.2, 0.25) is 5.02 Å². The van der Waals surface area contributed by atoms with E-state index in [1.165, 1.54) is 5.56 Å². The lowest BCUT2D eigenvalue weighted by atomic mass is 10.1. The first-order chi connectivity index (χ1) is 11.7. The van der Waals surface area contributed by atoms with Gasteiger partial charge in [-0.1, -0.05) is 60.1 Å². The number of anilines is 1. The van der Waals surface area contributed by atoms with E-state index in [4.69, 9.17) is 16.3 Å². The summed E-state index contributed by atoms with van der Waals surface area (Å²) < 4.78 is 5.88. The second kappa shape index (κ2) is 7.89. The van der Waals surface area contributed by atoms with Crippen LogP contribution in [-0.4, -0.2) is 0 Å². The maximum absolute atomic E-state index is 6.16. The van der Waals surface area contributed by atoms with Crippen molar-refractivity contribution in [2.45, 2.75) is 20.1 Å². The molecule has 0 heterocycles. The average molecular weight is 338 g/mol. The molecule has 3 aromatic carbocycles. The first-order valence-electron chi connectivity index (χ1n) is 7.97. The standard InChI is InChI=1S/C21H20ClNO/c1-16-20(22)11-6-12-21(16)23-14-18-9-5-10-19(13-18)24-15-17-7-3-2-4-8-17/h2-13,23H,14-15H2,1H3. The van der Waals surface area contributed by atoms with Crippen molar-refractivity contribution in [2.75, 3.05) is 5.32 Å². The second-order valence-corrected chi connectivity index (χ2v) is 6.09. The lowest BCUT2D eigenvalue weighted by Crippen LogP contribution is -2.02. The van der Waals surface area contributed by atoms with Crippen molar-refractivity contribution in [1.29, 1.82) is 0 Å². The fourth-order valence-electron chi connectivity index (χ4n) is 2.48. The number of nitrogens with one attached hydrogen (secondary N) is 1. The molecule has 0 bridgehead atoms. The molecule has 0 aliphatic carbocycles. The van der Waals surface area contributed by atoms with Gasteiger partial charge in [-0.25, -0.2) is 0 Å². The molecule has 2 nitrogen and oxygen atoms in total. The molecule has 3 rings (SSSR count). The molecule has 0 aromatic heterocycles. The molecular weight excluding hydrogens is 318 g/mol. The quantitative estimate of drug-likeness (QED) is 0.610. The third-order valence-electron chi connectivity index (χ3n) is 3.90. The summed E-state index contributed by atoms with van der Waals surface area (Å²) >= 11 is 6.16. The Bertz CT molecular complexity index is 802. The summed E-state index contributed by atoms with van der Waals surface area (Å²) in [5.74, 6) is 0.876. The molecule has 24 heavy (non-hydrogen) atoms. The first-order valence-corrected chi connectivity index (χ1v) is 8.35. The predicted molar refractivity (Wildman–Crippen MR) is 101 cm³/mol. The monoisotopic (exact) mass is 337 g/mol. The van der Waals surface area contributed by atoms with Crippen LogP contribution in [0.15, 0.2) is 72.8 Å². The molecule has 0 unspecified atom stereocenters. The number of ether oxygens (including phenoxy) is 1. The Kier molecular flexibility index (Phi) is 5.39. The molecule has 3 aromatic rings. The van der Waals surface area contributed by atoms with E-state index in [-0.39, 0.29) is 0 Å². The van der Waals surface area contributed by atoms with Crippen molar-refractivity contribution in [1.82, 2.24) is 0 Å². The Morgan fingerprint density at radius 2 is 1.62 bits per heavy atom. The molecule has 0 saturated carbocycles. The van der Waals surface area contributed by atoms with E-state index in [2.05, 4.69) is 29.6 Å². The van der Waals surface area contributed by atoms with Crippen LogP contribution >= 0.6 is 11.6 Å². The van der Waals surface area contributed by atoms with Gasteiger partial charge < -0.3 is 10.1 Å². The summed E-state index contributed by atoms with van der Waals surface area (Å²) in [6.45, 7) is 3.32. The highest BCUT2D eigenvalue weighted by Crippen LogP contribution is 2.24. The minimum Gasteiger partial charge on any atom is -0.489 e. The molecule has 122 valence electrons. The van der Waals surface area contributed by atoms with Gasteiger partial charge >= 0.3 is 0 Å². The first kappa shape index (κ1) is 16.4. The Morgan fingerprint density at radius 1 is 0.875 bits per heavy atom. The van der Waals surface area contributed by atoms with Gasteiger partial charge in [-0.15, -0.1) is 0 Å². The average Bonchev–Trinajstić information content (AvgIpc) is 2.62. The van der Waals surface area contributed by atoms with Crippen molar-refractivity contribution < 1.29 is 4.74 Å². The molecule has 0 saturated heterocycles. The van der Waals surface area contributed by atoms with Crippen LogP contribution < -0.4 is 10.1 Å². The van der Waals surface area contributed by atoms with Crippen molar-refractivity contribution in [3.63, 3.8) is 0 Å². The zero-order valence-corrected chi connectivity index (χ0v) is 14.4. The Hall–Kier alpha value is -2.45. The Labute approximate surface area is 148 Å². The molecule has 0 atom stereocenters. The van der Waals surface area contributed by atoms with Crippen LogP contribution in [0.1, 0.15) is 16.7 Å². The fourth-order valence-corrected chi connectivity index (χ4v) is 2.66. The van der Waals surface area contributed by atoms with Crippen LogP contribution in [0.3, 0.4) is 0 Å². The highest BCUT2D eigenvalue weighted by Gasteiger charge is 2.03. The minimum absolute atomic E-state index is 0.575. The normalized spacial score (nSPS) is 10.4. The van der Waals surface area contributed by atoms with Gasteiger partial charge in [-0.05, 0) is 47.9 Å².